The van der Waals surface area contributed by atoms with Gasteiger partial charge in [-0.05, 0) is 43.9 Å². The van der Waals surface area contributed by atoms with Crippen molar-refractivity contribution in [3.05, 3.63) is 29.8 Å². The molecule has 1 aromatic carbocycles. The van der Waals surface area contributed by atoms with Crippen LogP contribution >= 0.6 is 0 Å². The fourth-order valence-electron chi connectivity index (χ4n) is 2.41. The number of nitrogens with one attached hydrogen (secondary N) is 2. The average Bonchev–Trinajstić information content (AvgIpc) is 2.87. The first-order chi connectivity index (χ1) is 9.54. The highest BCUT2D eigenvalue weighted by Crippen LogP contribution is 2.29. The van der Waals surface area contributed by atoms with Gasteiger partial charge in [-0.1, -0.05) is 6.07 Å². The molecule has 0 bridgehead atoms. The van der Waals surface area contributed by atoms with Gasteiger partial charge < -0.3 is 16.4 Å². The molecule has 1 saturated carbocycles. The van der Waals surface area contributed by atoms with E-state index in [0.29, 0.717) is 24.1 Å². The largest absolute Gasteiger partial charge is 0.351 e. The molecular formula is C14H16N4O2. The van der Waals surface area contributed by atoms with Gasteiger partial charge in [-0.15, -0.1) is 0 Å². The van der Waals surface area contributed by atoms with E-state index < -0.39 is 11.6 Å². The highest BCUT2D eigenvalue weighted by molar-refractivity contribution is 5.97. The van der Waals surface area contributed by atoms with E-state index in [1.807, 2.05) is 0 Å². The first-order valence-corrected chi connectivity index (χ1v) is 6.45. The molecule has 1 aliphatic carbocycles. The number of primary amides is 1. The maximum Gasteiger partial charge on any atom is 0.316 e. The Balaban J connectivity index is 2.13. The molecule has 6 heteroatoms. The van der Waals surface area contributed by atoms with Gasteiger partial charge in [-0.3, -0.25) is 4.79 Å². The Labute approximate surface area is 117 Å². The van der Waals surface area contributed by atoms with Crippen LogP contribution < -0.4 is 16.4 Å². The van der Waals surface area contributed by atoms with Crippen molar-refractivity contribution in [1.29, 1.82) is 5.26 Å². The molecule has 0 radical (unpaired) electrons. The van der Waals surface area contributed by atoms with Gasteiger partial charge in [0.15, 0.2) is 0 Å². The molecule has 1 aromatic rings. The molecular weight excluding hydrogens is 256 g/mol. The molecule has 20 heavy (non-hydrogen) atoms. The second-order valence-corrected chi connectivity index (χ2v) is 4.93. The highest BCUT2D eigenvalue weighted by Gasteiger charge is 2.35. The van der Waals surface area contributed by atoms with E-state index in [1.165, 1.54) is 6.07 Å². The van der Waals surface area contributed by atoms with Crippen molar-refractivity contribution < 1.29 is 9.59 Å². The van der Waals surface area contributed by atoms with E-state index in [-0.39, 0.29) is 5.91 Å². The molecule has 104 valence electrons. The first kappa shape index (κ1) is 13.9. The summed E-state index contributed by atoms with van der Waals surface area (Å²) in [5.74, 6) is -0.318. The smallest absolute Gasteiger partial charge is 0.316 e. The molecule has 0 saturated heterocycles. The minimum absolute atomic E-state index is 0.318. The van der Waals surface area contributed by atoms with Crippen LogP contribution in [0.15, 0.2) is 24.3 Å². The van der Waals surface area contributed by atoms with Gasteiger partial charge in [-0.2, -0.15) is 5.26 Å². The number of nitrogens with two attached hydrogens (primary N) is 1. The average molecular weight is 272 g/mol. The SMILES string of the molecule is N#CC1(NC(=O)c2cccc(NC(N)=O)c2)CCCC1. The summed E-state index contributed by atoms with van der Waals surface area (Å²) in [5.41, 5.74) is 5.11. The summed E-state index contributed by atoms with van der Waals surface area (Å²) in [6.45, 7) is 0. The van der Waals surface area contributed by atoms with E-state index in [2.05, 4.69) is 16.7 Å². The van der Waals surface area contributed by atoms with Crippen LogP contribution in [-0.4, -0.2) is 17.5 Å². The second kappa shape index (κ2) is 5.61. The van der Waals surface area contributed by atoms with Gasteiger partial charge in [0.1, 0.15) is 5.54 Å². The fraction of sp³-hybridized carbons (Fsp3) is 0.357. The number of rotatable bonds is 3. The van der Waals surface area contributed by atoms with Crippen LogP contribution in [0, 0.1) is 11.3 Å². The maximum absolute atomic E-state index is 12.2. The lowest BCUT2D eigenvalue weighted by Crippen LogP contribution is -2.45. The summed E-state index contributed by atoms with van der Waals surface area (Å²) in [6.07, 6.45) is 3.23. The Hall–Kier alpha value is -2.55. The van der Waals surface area contributed by atoms with Crippen LogP contribution in [0.4, 0.5) is 10.5 Å². The van der Waals surface area contributed by atoms with Crippen molar-refractivity contribution in [1.82, 2.24) is 5.32 Å². The first-order valence-electron chi connectivity index (χ1n) is 6.45. The van der Waals surface area contributed by atoms with Crippen LogP contribution in [0.2, 0.25) is 0 Å². The number of nitrogens with zero attached hydrogens (tertiary/aromatic N) is 1. The zero-order valence-electron chi connectivity index (χ0n) is 11.0. The molecule has 0 spiro atoms. The number of amides is 3. The van der Waals surface area contributed by atoms with Crippen LogP contribution in [0.1, 0.15) is 36.0 Å². The van der Waals surface area contributed by atoms with Gasteiger partial charge in [0.2, 0.25) is 0 Å². The van der Waals surface area contributed by atoms with Crippen LogP contribution in [0.5, 0.6) is 0 Å². The number of benzene rings is 1. The van der Waals surface area contributed by atoms with Gasteiger partial charge in [0, 0.05) is 11.3 Å². The fourth-order valence-corrected chi connectivity index (χ4v) is 2.41. The molecule has 0 aliphatic heterocycles. The van der Waals surface area contributed by atoms with Crippen molar-refractivity contribution in [3.8, 4) is 6.07 Å². The number of nitriles is 1. The summed E-state index contributed by atoms with van der Waals surface area (Å²) in [6, 6.07) is 7.95. The summed E-state index contributed by atoms with van der Waals surface area (Å²) >= 11 is 0. The zero-order valence-corrected chi connectivity index (χ0v) is 11.0. The number of carbonyl (C=O) groups is 2. The predicted molar refractivity (Wildman–Crippen MR) is 73.9 cm³/mol. The van der Waals surface area contributed by atoms with E-state index in [4.69, 9.17) is 5.73 Å². The molecule has 1 aliphatic rings. The van der Waals surface area contributed by atoms with Gasteiger partial charge in [-0.25, -0.2) is 4.79 Å². The minimum atomic E-state index is -0.760. The number of carbonyl (C=O) groups excluding carboxylic acids is 2. The van der Waals surface area contributed by atoms with Crippen molar-refractivity contribution >= 4 is 17.6 Å². The molecule has 1 fully saturated rings. The molecule has 0 aromatic heterocycles. The van der Waals surface area contributed by atoms with Crippen LogP contribution in [0.25, 0.3) is 0 Å². The molecule has 0 atom stereocenters. The molecule has 0 unspecified atom stereocenters. The Morgan fingerprint density at radius 1 is 1.30 bits per heavy atom. The lowest BCUT2D eigenvalue weighted by molar-refractivity contribution is 0.0920. The quantitative estimate of drug-likeness (QED) is 0.779. The topological polar surface area (TPSA) is 108 Å². The van der Waals surface area contributed by atoms with Crippen molar-refractivity contribution in [2.75, 3.05) is 5.32 Å². The monoisotopic (exact) mass is 272 g/mol. The third kappa shape index (κ3) is 3.06. The minimum Gasteiger partial charge on any atom is -0.351 e. The third-order valence-corrected chi connectivity index (χ3v) is 3.42. The molecule has 2 rings (SSSR count). The summed E-state index contributed by atoms with van der Waals surface area (Å²) < 4.78 is 0. The number of hydrogen-bond acceptors (Lipinski definition) is 3. The summed E-state index contributed by atoms with van der Waals surface area (Å²) in [7, 11) is 0. The maximum atomic E-state index is 12.2. The van der Waals surface area contributed by atoms with Gasteiger partial charge in [0.25, 0.3) is 5.91 Å². The third-order valence-electron chi connectivity index (χ3n) is 3.42. The van der Waals surface area contributed by atoms with E-state index in [9.17, 15) is 14.9 Å². The molecule has 3 amide bonds. The van der Waals surface area contributed by atoms with Gasteiger partial charge in [0.05, 0.1) is 6.07 Å². The molecule has 0 heterocycles. The highest BCUT2D eigenvalue weighted by atomic mass is 16.2. The van der Waals surface area contributed by atoms with Gasteiger partial charge >= 0.3 is 6.03 Å². The lowest BCUT2D eigenvalue weighted by Gasteiger charge is -2.22. The Bertz CT molecular complexity index is 571. The van der Waals surface area contributed by atoms with Crippen molar-refractivity contribution in [2.24, 2.45) is 5.73 Å². The van der Waals surface area contributed by atoms with Crippen LogP contribution in [0.3, 0.4) is 0 Å². The van der Waals surface area contributed by atoms with E-state index in [1.54, 1.807) is 18.2 Å². The Kier molecular flexibility index (Phi) is 3.89. The molecule has 4 N–H and O–H groups in total. The number of anilines is 1. The lowest BCUT2D eigenvalue weighted by atomic mass is 9.99. The van der Waals surface area contributed by atoms with E-state index in [0.717, 1.165) is 12.8 Å². The Morgan fingerprint density at radius 3 is 2.60 bits per heavy atom. The van der Waals surface area contributed by atoms with Crippen molar-refractivity contribution in [2.45, 2.75) is 31.2 Å². The molecule has 6 nitrogen and oxygen atoms in total. The standard InChI is InChI=1S/C14H16N4O2/c15-9-14(6-1-2-7-14)18-12(19)10-4-3-5-11(8-10)17-13(16)20/h3-5,8H,1-2,6-7H2,(H,18,19)(H3,16,17,20). The summed E-state index contributed by atoms with van der Waals surface area (Å²) in [5, 5.41) is 14.5. The van der Waals surface area contributed by atoms with Crippen molar-refractivity contribution in [3.63, 3.8) is 0 Å². The predicted octanol–water partition coefficient (Wildman–Crippen LogP) is 1.74. The normalized spacial score (nSPS) is 16.1. The van der Waals surface area contributed by atoms with E-state index >= 15 is 0 Å². The number of hydrogen-bond donors (Lipinski definition) is 3. The number of urea groups is 1. The Morgan fingerprint density at radius 2 is 2.00 bits per heavy atom. The zero-order chi connectivity index (χ0) is 14.6. The van der Waals surface area contributed by atoms with Crippen LogP contribution in [-0.2, 0) is 0 Å². The second-order valence-electron chi connectivity index (χ2n) is 4.93. The summed E-state index contributed by atoms with van der Waals surface area (Å²) in [4.78, 5) is 23.0.